The first-order valence-corrected chi connectivity index (χ1v) is 5.01. The maximum atomic E-state index is 11.7. The standard InChI is InChI=1S/C10H12N6O/c1-6-2-13-7(3-12-6)4-14-10(17)8-5-15-16-9(8)11/h2-3,5H,4H2,1H3,(H,14,17)(H3,11,15,16). The fraction of sp³-hybridized carbons (Fsp3) is 0.200. The second kappa shape index (κ2) is 4.60. The Kier molecular flexibility index (Phi) is 2.99. The van der Waals surface area contributed by atoms with Gasteiger partial charge in [0.05, 0.1) is 30.3 Å². The number of nitrogen functional groups attached to an aromatic ring is 1. The number of aromatic amines is 1. The lowest BCUT2D eigenvalue weighted by atomic mass is 10.3. The van der Waals surface area contributed by atoms with Crippen molar-refractivity contribution in [1.82, 2.24) is 25.5 Å². The Labute approximate surface area is 97.5 Å². The predicted octanol–water partition coefficient (Wildman–Crippen LogP) is 0.0203. The second-order valence-electron chi connectivity index (χ2n) is 3.53. The number of aryl methyl sites for hydroxylation is 1. The first-order valence-electron chi connectivity index (χ1n) is 5.01. The Morgan fingerprint density at radius 1 is 1.41 bits per heavy atom. The number of nitrogens with zero attached hydrogens (tertiary/aromatic N) is 3. The summed E-state index contributed by atoms with van der Waals surface area (Å²) in [5.41, 5.74) is 7.37. The Hall–Kier alpha value is -2.44. The van der Waals surface area contributed by atoms with Crippen LogP contribution in [0.25, 0.3) is 0 Å². The van der Waals surface area contributed by atoms with Crippen LogP contribution in [0.1, 0.15) is 21.7 Å². The van der Waals surface area contributed by atoms with Gasteiger partial charge in [0, 0.05) is 6.20 Å². The van der Waals surface area contributed by atoms with Crippen LogP contribution in [-0.4, -0.2) is 26.1 Å². The van der Waals surface area contributed by atoms with Crippen molar-refractivity contribution in [2.45, 2.75) is 13.5 Å². The summed E-state index contributed by atoms with van der Waals surface area (Å²) < 4.78 is 0. The highest BCUT2D eigenvalue weighted by Gasteiger charge is 2.11. The Balaban J connectivity index is 1.97. The van der Waals surface area contributed by atoms with Gasteiger partial charge in [-0.3, -0.25) is 19.9 Å². The molecule has 0 saturated heterocycles. The van der Waals surface area contributed by atoms with E-state index in [0.29, 0.717) is 17.8 Å². The molecule has 2 rings (SSSR count). The van der Waals surface area contributed by atoms with Gasteiger partial charge in [-0.1, -0.05) is 0 Å². The average molecular weight is 232 g/mol. The summed E-state index contributed by atoms with van der Waals surface area (Å²) in [6, 6.07) is 0. The van der Waals surface area contributed by atoms with Crippen molar-refractivity contribution >= 4 is 11.7 Å². The molecule has 2 aromatic heterocycles. The van der Waals surface area contributed by atoms with E-state index < -0.39 is 0 Å². The zero-order chi connectivity index (χ0) is 12.3. The number of nitrogens with one attached hydrogen (secondary N) is 2. The van der Waals surface area contributed by atoms with Crippen LogP contribution in [0.15, 0.2) is 18.6 Å². The van der Waals surface area contributed by atoms with Gasteiger partial charge in [-0.25, -0.2) is 0 Å². The van der Waals surface area contributed by atoms with Crippen molar-refractivity contribution in [2.75, 3.05) is 5.73 Å². The number of rotatable bonds is 3. The normalized spacial score (nSPS) is 10.2. The lowest BCUT2D eigenvalue weighted by Gasteiger charge is -2.03. The summed E-state index contributed by atoms with van der Waals surface area (Å²) in [5.74, 6) is -0.0453. The highest BCUT2D eigenvalue weighted by molar-refractivity contribution is 5.97. The molecule has 0 bridgehead atoms. The number of carbonyl (C=O) groups excluding carboxylic acids is 1. The minimum Gasteiger partial charge on any atom is -0.383 e. The monoisotopic (exact) mass is 232 g/mol. The number of hydrogen-bond donors (Lipinski definition) is 3. The quantitative estimate of drug-likeness (QED) is 0.691. The van der Waals surface area contributed by atoms with E-state index in [0.717, 1.165) is 5.69 Å². The molecule has 0 aromatic carbocycles. The summed E-state index contributed by atoms with van der Waals surface area (Å²) in [7, 11) is 0. The number of aromatic nitrogens is 4. The van der Waals surface area contributed by atoms with E-state index in [-0.39, 0.29) is 11.7 Å². The topological polar surface area (TPSA) is 110 Å². The van der Waals surface area contributed by atoms with Gasteiger partial charge >= 0.3 is 0 Å². The molecule has 4 N–H and O–H groups in total. The molecule has 0 spiro atoms. The molecule has 0 saturated carbocycles. The molecule has 0 fully saturated rings. The average Bonchev–Trinajstić information content (AvgIpc) is 2.74. The summed E-state index contributed by atoms with van der Waals surface area (Å²) in [6.45, 7) is 2.15. The molecule has 0 aliphatic heterocycles. The minimum atomic E-state index is -0.293. The molecule has 0 radical (unpaired) electrons. The van der Waals surface area contributed by atoms with Gasteiger partial charge in [-0.15, -0.1) is 0 Å². The van der Waals surface area contributed by atoms with Crippen LogP contribution in [0.5, 0.6) is 0 Å². The van der Waals surface area contributed by atoms with Gasteiger partial charge in [0.15, 0.2) is 0 Å². The maximum absolute atomic E-state index is 11.7. The largest absolute Gasteiger partial charge is 0.383 e. The molecule has 88 valence electrons. The lowest BCUT2D eigenvalue weighted by Crippen LogP contribution is -2.23. The zero-order valence-corrected chi connectivity index (χ0v) is 9.27. The first kappa shape index (κ1) is 11.1. The predicted molar refractivity (Wildman–Crippen MR) is 60.9 cm³/mol. The van der Waals surface area contributed by atoms with Crippen LogP contribution >= 0.6 is 0 Å². The van der Waals surface area contributed by atoms with Crippen molar-refractivity contribution < 1.29 is 4.79 Å². The van der Waals surface area contributed by atoms with Crippen molar-refractivity contribution in [1.29, 1.82) is 0 Å². The van der Waals surface area contributed by atoms with E-state index in [1.807, 2.05) is 6.92 Å². The molecule has 0 unspecified atom stereocenters. The molecule has 1 amide bonds. The number of H-pyrrole nitrogens is 1. The van der Waals surface area contributed by atoms with E-state index in [9.17, 15) is 4.79 Å². The molecule has 0 aliphatic rings. The molecular weight excluding hydrogens is 220 g/mol. The van der Waals surface area contributed by atoms with Gasteiger partial charge in [-0.2, -0.15) is 5.10 Å². The number of amides is 1. The van der Waals surface area contributed by atoms with Crippen LogP contribution in [-0.2, 0) is 6.54 Å². The third kappa shape index (κ3) is 2.57. The van der Waals surface area contributed by atoms with Crippen molar-refractivity contribution in [2.24, 2.45) is 0 Å². The Morgan fingerprint density at radius 3 is 2.82 bits per heavy atom. The fourth-order valence-corrected chi connectivity index (χ4v) is 1.25. The van der Waals surface area contributed by atoms with E-state index in [1.54, 1.807) is 12.4 Å². The summed E-state index contributed by atoms with van der Waals surface area (Å²) >= 11 is 0. The maximum Gasteiger partial charge on any atom is 0.256 e. The summed E-state index contributed by atoms with van der Waals surface area (Å²) in [5, 5.41) is 8.84. The van der Waals surface area contributed by atoms with Crippen molar-refractivity contribution in [3.8, 4) is 0 Å². The highest BCUT2D eigenvalue weighted by atomic mass is 16.1. The van der Waals surface area contributed by atoms with Gasteiger partial charge in [0.2, 0.25) is 0 Å². The Bertz CT molecular complexity index is 518. The number of hydrogen-bond acceptors (Lipinski definition) is 5. The van der Waals surface area contributed by atoms with Crippen LogP contribution in [0.2, 0.25) is 0 Å². The fourth-order valence-electron chi connectivity index (χ4n) is 1.25. The van der Waals surface area contributed by atoms with E-state index >= 15 is 0 Å². The molecule has 7 heteroatoms. The van der Waals surface area contributed by atoms with Gasteiger partial charge in [-0.05, 0) is 6.92 Å². The second-order valence-corrected chi connectivity index (χ2v) is 3.53. The van der Waals surface area contributed by atoms with Crippen LogP contribution in [0.3, 0.4) is 0 Å². The molecule has 0 aliphatic carbocycles. The van der Waals surface area contributed by atoms with E-state index in [2.05, 4.69) is 25.5 Å². The third-order valence-corrected chi connectivity index (χ3v) is 2.18. The highest BCUT2D eigenvalue weighted by Crippen LogP contribution is 2.05. The molecule has 7 nitrogen and oxygen atoms in total. The number of anilines is 1. The van der Waals surface area contributed by atoms with E-state index in [1.165, 1.54) is 6.20 Å². The Morgan fingerprint density at radius 2 is 2.24 bits per heavy atom. The zero-order valence-electron chi connectivity index (χ0n) is 9.27. The van der Waals surface area contributed by atoms with Crippen LogP contribution in [0.4, 0.5) is 5.82 Å². The molecule has 2 aromatic rings. The molecule has 0 atom stereocenters. The van der Waals surface area contributed by atoms with Gasteiger partial charge < -0.3 is 11.1 Å². The minimum absolute atomic E-state index is 0.248. The summed E-state index contributed by atoms with van der Waals surface area (Å²) in [4.78, 5) is 19.9. The van der Waals surface area contributed by atoms with Gasteiger partial charge in [0.25, 0.3) is 5.91 Å². The molecule has 17 heavy (non-hydrogen) atoms. The smallest absolute Gasteiger partial charge is 0.256 e. The first-order chi connectivity index (χ1) is 8.16. The van der Waals surface area contributed by atoms with Gasteiger partial charge in [0.1, 0.15) is 11.4 Å². The molecule has 2 heterocycles. The van der Waals surface area contributed by atoms with E-state index in [4.69, 9.17) is 5.73 Å². The molecular formula is C10H12N6O. The van der Waals surface area contributed by atoms with Crippen LogP contribution < -0.4 is 11.1 Å². The number of nitrogens with two attached hydrogens (primary N) is 1. The third-order valence-electron chi connectivity index (χ3n) is 2.18. The van der Waals surface area contributed by atoms with Crippen LogP contribution in [0, 0.1) is 6.92 Å². The number of carbonyl (C=O) groups is 1. The SMILES string of the molecule is Cc1cnc(CNC(=O)c2cn[nH]c2N)cn1. The van der Waals surface area contributed by atoms with Crippen molar-refractivity contribution in [3.05, 3.63) is 35.5 Å². The lowest BCUT2D eigenvalue weighted by molar-refractivity contribution is 0.0951. The summed E-state index contributed by atoms with van der Waals surface area (Å²) in [6.07, 6.45) is 4.65. The van der Waals surface area contributed by atoms with Crippen molar-refractivity contribution in [3.63, 3.8) is 0 Å².